The number of carbonyl (C=O) groups is 1. The number of fused-ring (bicyclic) bond motifs is 1. The molecule has 14 nitrogen and oxygen atoms in total. The zero-order valence-corrected chi connectivity index (χ0v) is 24.1. The number of halogens is 4. The van der Waals surface area contributed by atoms with Crippen molar-refractivity contribution in [3.8, 4) is 28.7 Å². The molecule has 0 radical (unpaired) electrons. The molecule has 0 bridgehead atoms. The maximum atomic E-state index is 16.2. The van der Waals surface area contributed by atoms with Crippen molar-refractivity contribution in [2.45, 2.75) is 32.0 Å². The minimum absolute atomic E-state index is 0.0364. The fourth-order valence-corrected chi connectivity index (χ4v) is 4.91. The van der Waals surface area contributed by atoms with Crippen molar-refractivity contribution in [1.29, 1.82) is 0 Å². The Balaban J connectivity index is 1.42. The Morgan fingerprint density at radius 2 is 2.02 bits per heavy atom. The van der Waals surface area contributed by atoms with Gasteiger partial charge in [-0.15, -0.1) is 5.10 Å². The van der Waals surface area contributed by atoms with E-state index in [1.54, 1.807) is 6.92 Å². The number of H-pyrrole nitrogens is 2. The van der Waals surface area contributed by atoms with Crippen LogP contribution in [0.1, 0.15) is 52.6 Å². The molecule has 0 saturated heterocycles. The van der Waals surface area contributed by atoms with E-state index < -0.39 is 35.6 Å². The van der Waals surface area contributed by atoms with Crippen LogP contribution in [0, 0.1) is 5.82 Å². The van der Waals surface area contributed by atoms with Gasteiger partial charge in [0.1, 0.15) is 17.4 Å². The van der Waals surface area contributed by atoms with Crippen molar-refractivity contribution in [3.63, 3.8) is 0 Å². The van der Waals surface area contributed by atoms with Gasteiger partial charge in [0.05, 0.1) is 26.5 Å². The topological polar surface area (TPSA) is 175 Å². The first-order valence-electron chi connectivity index (χ1n) is 13.8. The van der Waals surface area contributed by atoms with E-state index in [1.807, 2.05) is 0 Å². The number of ether oxygens (including phenoxy) is 3. The minimum atomic E-state index is -4.81. The first-order chi connectivity index (χ1) is 22.1. The Hall–Kier alpha value is -5.68. The molecule has 1 atom stereocenters. The molecule has 5 aromatic rings. The largest absolute Gasteiger partial charge is 0.493 e. The van der Waals surface area contributed by atoms with Gasteiger partial charge < -0.3 is 24.1 Å². The molecule has 1 aliphatic heterocycles. The third-order valence-electron chi connectivity index (χ3n) is 7.01. The quantitative estimate of drug-likeness (QED) is 0.155. The van der Waals surface area contributed by atoms with Crippen molar-refractivity contribution in [2.24, 2.45) is 0 Å². The van der Waals surface area contributed by atoms with Gasteiger partial charge >= 0.3 is 23.7 Å². The molecule has 0 amide bonds. The zero-order chi connectivity index (χ0) is 32.6. The number of nitrogens with zero attached hydrogens (tertiary/aromatic N) is 5. The van der Waals surface area contributed by atoms with Gasteiger partial charge in [-0.25, -0.2) is 14.0 Å². The molecule has 240 valence electrons. The molecule has 3 N–H and O–H groups in total. The van der Waals surface area contributed by atoms with E-state index in [4.69, 9.17) is 14.2 Å². The Morgan fingerprint density at radius 1 is 1.24 bits per heavy atom. The second kappa shape index (κ2) is 12.0. The lowest BCUT2D eigenvalue weighted by Crippen LogP contribution is -2.19. The van der Waals surface area contributed by atoms with Crippen molar-refractivity contribution < 1.29 is 41.1 Å². The first kappa shape index (κ1) is 30.4. The molecule has 3 aromatic heterocycles. The lowest BCUT2D eigenvalue weighted by molar-refractivity contribution is -0.159. The number of aromatic amines is 2. The summed E-state index contributed by atoms with van der Waals surface area (Å²) in [6.45, 7) is 2.08. The number of benzene rings is 2. The highest BCUT2D eigenvalue weighted by molar-refractivity contribution is 5.92. The van der Waals surface area contributed by atoms with Crippen LogP contribution in [-0.4, -0.2) is 61.4 Å². The number of hydrogen-bond acceptors (Lipinski definition) is 11. The van der Waals surface area contributed by atoms with Crippen molar-refractivity contribution >= 4 is 11.7 Å². The summed E-state index contributed by atoms with van der Waals surface area (Å²) in [6, 6.07) is 6.09. The van der Waals surface area contributed by atoms with E-state index in [1.165, 1.54) is 43.6 Å². The smallest absolute Gasteiger partial charge is 0.471 e. The third kappa shape index (κ3) is 5.64. The normalized spacial score (nSPS) is 13.5. The fraction of sp³-hybridized carbons (Fsp3) is 0.286. The van der Waals surface area contributed by atoms with Crippen molar-refractivity contribution in [2.75, 3.05) is 25.6 Å². The number of hydrogen-bond donors (Lipinski definition) is 3. The van der Waals surface area contributed by atoms with Crippen LogP contribution in [0.4, 0.5) is 23.2 Å². The van der Waals surface area contributed by atoms with Gasteiger partial charge in [-0.2, -0.15) is 27.9 Å². The van der Waals surface area contributed by atoms with Gasteiger partial charge in [0.25, 0.3) is 0 Å². The standard InChI is InChI=1S/C28H24F4N8O6/c1-3-44-25(41)17-12-33-37-24(17)40-27(42)36-23(38-40)20(16-11-18(43-2)21-15(19(16)29)5-4-10-45-21)34-14-8-6-13(7-9-14)22-35-26(46-39-22)28(30,31)32/h6-9,11-12,20,34H,3-5,10H2,1-2H3,(H,33,37)(H,36,38,42). The molecule has 4 heterocycles. The van der Waals surface area contributed by atoms with E-state index >= 15 is 4.39 Å². The first-order valence-corrected chi connectivity index (χ1v) is 13.8. The summed E-state index contributed by atoms with van der Waals surface area (Å²) >= 11 is 0. The molecule has 1 aliphatic rings. The lowest BCUT2D eigenvalue weighted by atomic mass is 9.96. The molecular formula is C28H24F4N8O6. The van der Waals surface area contributed by atoms with Gasteiger partial charge in [-0.05, 0) is 50.1 Å². The number of alkyl halides is 3. The number of esters is 1. The third-order valence-corrected chi connectivity index (χ3v) is 7.01. The van der Waals surface area contributed by atoms with E-state index in [0.717, 1.165) is 4.68 Å². The molecule has 6 rings (SSSR count). The Kier molecular flexibility index (Phi) is 7.93. The molecule has 1 unspecified atom stereocenters. The number of nitrogens with one attached hydrogen (secondary N) is 3. The predicted octanol–water partition coefficient (Wildman–Crippen LogP) is 4.20. The van der Waals surface area contributed by atoms with Crippen LogP contribution in [0.2, 0.25) is 0 Å². The molecule has 46 heavy (non-hydrogen) atoms. The van der Waals surface area contributed by atoms with Gasteiger partial charge in [0, 0.05) is 22.4 Å². The SMILES string of the molecule is CCOC(=O)c1cn[nH]c1-n1nc(C(Nc2ccc(-c3noc(C(F)(F)F)n3)cc2)c2cc(OC)c3c(c2F)CCCO3)[nH]c1=O. The van der Waals surface area contributed by atoms with Crippen LogP contribution in [0.25, 0.3) is 17.2 Å². The number of anilines is 1. The summed E-state index contributed by atoms with van der Waals surface area (Å²) in [5.74, 6) is -2.77. The summed E-state index contributed by atoms with van der Waals surface area (Å²) < 4.78 is 76.4. The average molecular weight is 645 g/mol. The summed E-state index contributed by atoms with van der Waals surface area (Å²) in [7, 11) is 1.41. The summed E-state index contributed by atoms with van der Waals surface area (Å²) in [5, 5.41) is 17.2. The van der Waals surface area contributed by atoms with Crippen LogP contribution in [-0.2, 0) is 17.3 Å². The van der Waals surface area contributed by atoms with Crippen LogP contribution < -0.4 is 20.5 Å². The molecule has 18 heteroatoms. The minimum Gasteiger partial charge on any atom is -0.493 e. The van der Waals surface area contributed by atoms with E-state index in [-0.39, 0.29) is 57.8 Å². The summed E-state index contributed by atoms with van der Waals surface area (Å²) in [6.07, 6.45) is -2.71. The maximum Gasteiger partial charge on any atom is 0.471 e. The highest BCUT2D eigenvalue weighted by Crippen LogP contribution is 2.41. The van der Waals surface area contributed by atoms with Crippen LogP contribution in [0.3, 0.4) is 0 Å². The number of aromatic nitrogens is 7. The van der Waals surface area contributed by atoms with E-state index in [9.17, 15) is 22.8 Å². The van der Waals surface area contributed by atoms with Crippen molar-refractivity contribution in [3.05, 3.63) is 81.2 Å². The Bertz CT molecular complexity index is 1950. The highest BCUT2D eigenvalue weighted by atomic mass is 19.4. The van der Waals surface area contributed by atoms with Gasteiger partial charge in [0.15, 0.2) is 23.1 Å². The Morgan fingerprint density at radius 3 is 2.72 bits per heavy atom. The van der Waals surface area contributed by atoms with Gasteiger partial charge in [-0.3, -0.25) is 10.1 Å². The second-order valence-electron chi connectivity index (χ2n) is 9.90. The summed E-state index contributed by atoms with van der Waals surface area (Å²) in [4.78, 5) is 31.6. The van der Waals surface area contributed by atoms with E-state index in [2.05, 4.69) is 40.3 Å². The molecule has 0 aliphatic carbocycles. The van der Waals surface area contributed by atoms with E-state index in [0.29, 0.717) is 25.1 Å². The molecule has 2 aromatic carbocycles. The average Bonchev–Trinajstić information content (AvgIpc) is 3.81. The second-order valence-corrected chi connectivity index (χ2v) is 9.90. The Labute approximate surface area is 255 Å². The van der Waals surface area contributed by atoms with Crippen molar-refractivity contribution in [1.82, 2.24) is 35.1 Å². The predicted molar refractivity (Wildman–Crippen MR) is 149 cm³/mol. The highest BCUT2D eigenvalue weighted by Gasteiger charge is 2.38. The molecular weight excluding hydrogens is 620 g/mol. The molecule has 0 fully saturated rings. The molecule has 0 spiro atoms. The number of rotatable bonds is 9. The molecule has 0 saturated carbocycles. The van der Waals surface area contributed by atoms with Crippen LogP contribution >= 0.6 is 0 Å². The monoisotopic (exact) mass is 644 g/mol. The number of carbonyl (C=O) groups excluding carboxylic acids is 1. The fourth-order valence-electron chi connectivity index (χ4n) is 4.91. The zero-order valence-electron chi connectivity index (χ0n) is 24.1. The number of methoxy groups -OCH3 is 1. The van der Waals surface area contributed by atoms with Crippen LogP contribution in [0.5, 0.6) is 11.5 Å². The van der Waals surface area contributed by atoms with Gasteiger partial charge in [-0.1, -0.05) is 5.16 Å². The lowest BCUT2D eigenvalue weighted by Gasteiger charge is -2.25. The maximum absolute atomic E-state index is 16.2. The van der Waals surface area contributed by atoms with Crippen LogP contribution in [0.15, 0.2) is 45.8 Å². The summed E-state index contributed by atoms with van der Waals surface area (Å²) in [5.41, 5.74) is 0.0390. The van der Waals surface area contributed by atoms with Gasteiger partial charge in [0.2, 0.25) is 5.82 Å².